The van der Waals surface area contributed by atoms with Crippen LogP contribution in [0.5, 0.6) is 6.01 Å². The van der Waals surface area contributed by atoms with Crippen LogP contribution in [0.15, 0.2) is 77.8 Å². The van der Waals surface area contributed by atoms with Gasteiger partial charge in [0.15, 0.2) is 0 Å². The first-order valence-corrected chi connectivity index (χ1v) is 11.7. The quantitative estimate of drug-likeness (QED) is 0.258. The summed E-state index contributed by atoms with van der Waals surface area (Å²) in [7, 11) is 0. The fourth-order valence-electron chi connectivity index (χ4n) is 3.03. The predicted octanol–water partition coefficient (Wildman–Crippen LogP) is 8.07. The third-order valence-corrected chi connectivity index (χ3v) is 6.17. The number of hydrogen-bond donors (Lipinski definition) is 0. The summed E-state index contributed by atoms with van der Waals surface area (Å²) < 4.78 is 5.85. The van der Waals surface area contributed by atoms with Crippen molar-refractivity contribution in [1.29, 1.82) is 0 Å². The highest BCUT2D eigenvalue weighted by Crippen LogP contribution is 2.37. The molecular weight excluding hydrogens is 471 g/mol. The fourth-order valence-corrected chi connectivity index (χ4v) is 4.07. The van der Waals surface area contributed by atoms with Gasteiger partial charge in [-0.3, -0.25) is 0 Å². The molecule has 1 aromatic heterocycles. The van der Waals surface area contributed by atoms with Gasteiger partial charge in [-0.1, -0.05) is 65.1 Å². The molecule has 0 radical (unpaired) electrons. The monoisotopic (exact) mass is 486 g/mol. The van der Waals surface area contributed by atoms with Crippen LogP contribution in [0.2, 0.25) is 15.1 Å². The number of aromatic nitrogens is 2. The van der Waals surface area contributed by atoms with Gasteiger partial charge in [0.05, 0.1) is 5.69 Å². The van der Waals surface area contributed by atoms with Crippen LogP contribution in [0.3, 0.4) is 0 Å². The summed E-state index contributed by atoms with van der Waals surface area (Å²) in [6.07, 6.45) is 3.76. The van der Waals surface area contributed by atoms with E-state index < -0.39 is 0 Å². The van der Waals surface area contributed by atoms with Gasteiger partial charge >= 0.3 is 6.01 Å². The Labute approximate surface area is 200 Å². The van der Waals surface area contributed by atoms with E-state index in [0.29, 0.717) is 21.7 Å². The number of ether oxygens (including phenoxy) is 1. The van der Waals surface area contributed by atoms with E-state index in [1.807, 2.05) is 73.0 Å². The Kier molecular flexibility index (Phi) is 7.03. The van der Waals surface area contributed by atoms with Crippen molar-refractivity contribution in [3.8, 4) is 28.4 Å². The van der Waals surface area contributed by atoms with Crippen molar-refractivity contribution in [1.82, 2.24) is 9.97 Å². The van der Waals surface area contributed by atoms with E-state index in [1.54, 1.807) is 18.0 Å². The Hall–Kier alpha value is -2.24. The average Bonchev–Trinajstić information content (AvgIpc) is 2.79. The van der Waals surface area contributed by atoms with Crippen LogP contribution in [-0.2, 0) is 6.61 Å². The molecule has 0 amide bonds. The first-order chi connectivity index (χ1) is 15.0. The minimum atomic E-state index is 0.278. The van der Waals surface area contributed by atoms with Gasteiger partial charge in [0.25, 0.3) is 0 Å². The van der Waals surface area contributed by atoms with Crippen molar-refractivity contribution in [2.75, 3.05) is 6.26 Å². The van der Waals surface area contributed by atoms with Crippen molar-refractivity contribution >= 4 is 46.6 Å². The molecule has 0 saturated carbocycles. The summed E-state index contributed by atoms with van der Waals surface area (Å²) >= 11 is 20.3. The molecule has 0 unspecified atom stereocenters. The molecule has 0 saturated heterocycles. The van der Waals surface area contributed by atoms with E-state index in [1.165, 1.54) is 0 Å². The minimum absolute atomic E-state index is 0.278. The fraction of sp³-hybridized carbons (Fsp3) is 0.0833. The molecule has 0 fully saturated rings. The van der Waals surface area contributed by atoms with E-state index in [2.05, 4.69) is 4.98 Å². The second kappa shape index (κ2) is 9.92. The Balaban J connectivity index is 1.72. The number of thioether (sulfide) groups is 1. The summed E-state index contributed by atoms with van der Waals surface area (Å²) in [4.78, 5) is 10.2. The highest BCUT2D eigenvalue weighted by atomic mass is 35.5. The molecule has 0 N–H and O–H groups in total. The van der Waals surface area contributed by atoms with Gasteiger partial charge in [0.1, 0.15) is 6.61 Å². The van der Waals surface area contributed by atoms with Crippen LogP contribution in [0.4, 0.5) is 0 Å². The van der Waals surface area contributed by atoms with Gasteiger partial charge < -0.3 is 4.74 Å². The molecule has 0 spiro atoms. The van der Waals surface area contributed by atoms with E-state index in [0.717, 1.165) is 32.8 Å². The van der Waals surface area contributed by atoms with E-state index in [4.69, 9.17) is 44.5 Å². The lowest BCUT2D eigenvalue weighted by atomic mass is 10.0. The standard InChI is InChI=1S/C24H17Cl3N2OS/c1-31-19-10-11-20(22(27)12-19)21-13-28-24(30-14-15-2-6-17(25)7-3-15)29-23(21)16-4-8-18(26)9-5-16/h2-13H,14H2,1H3. The zero-order valence-electron chi connectivity index (χ0n) is 16.5. The van der Waals surface area contributed by atoms with Crippen LogP contribution in [-0.4, -0.2) is 16.2 Å². The van der Waals surface area contributed by atoms with Crippen LogP contribution >= 0.6 is 46.6 Å². The average molecular weight is 488 g/mol. The molecule has 4 aromatic rings. The summed E-state index contributed by atoms with van der Waals surface area (Å²) in [5, 5.41) is 1.97. The molecule has 156 valence electrons. The lowest BCUT2D eigenvalue weighted by molar-refractivity contribution is 0.281. The number of benzene rings is 3. The highest BCUT2D eigenvalue weighted by molar-refractivity contribution is 7.98. The molecule has 0 aliphatic rings. The van der Waals surface area contributed by atoms with Gasteiger partial charge in [0, 0.05) is 42.9 Å². The molecule has 0 aliphatic carbocycles. The zero-order chi connectivity index (χ0) is 21.8. The normalized spacial score (nSPS) is 10.8. The van der Waals surface area contributed by atoms with E-state index in [-0.39, 0.29) is 6.01 Å². The van der Waals surface area contributed by atoms with Gasteiger partial charge in [-0.25, -0.2) is 4.98 Å². The maximum absolute atomic E-state index is 6.59. The number of rotatable bonds is 6. The maximum Gasteiger partial charge on any atom is 0.317 e. The smallest absolute Gasteiger partial charge is 0.317 e. The minimum Gasteiger partial charge on any atom is -0.459 e. The van der Waals surface area contributed by atoms with Gasteiger partial charge in [-0.2, -0.15) is 4.98 Å². The number of hydrogen-bond acceptors (Lipinski definition) is 4. The second-order valence-electron chi connectivity index (χ2n) is 6.68. The Morgan fingerprint density at radius 3 is 2.16 bits per heavy atom. The molecule has 4 rings (SSSR count). The van der Waals surface area contributed by atoms with Crippen LogP contribution in [0, 0.1) is 0 Å². The molecular formula is C24H17Cl3N2OS. The van der Waals surface area contributed by atoms with Crippen molar-refractivity contribution in [2.45, 2.75) is 11.5 Å². The van der Waals surface area contributed by atoms with Crippen molar-refractivity contribution in [2.24, 2.45) is 0 Å². The Morgan fingerprint density at radius 2 is 1.52 bits per heavy atom. The molecule has 0 aliphatic heterocycles. The van der Waals surface area contributed by atoms with Crippen molar-refractivity contribution < 1.29 is 4.74 Å². The summed E-state index contributed by atoms with van der Waals surface area (Å²) in [6, 6.07) is 21.2. The van der Waals surface area contributed by atoms with Crippen LogP contribution in [0.1, 0.15) is 5.56 Å². The van der Waals surface area contributed by atoms with Gasteiger partial charge in [0.2, 0.25) is 0 Å². The highest BCUT2D eigenvalue weighted by Gasteiger charge is 2.15. The number of halogens is 3. The summed E-state index contributed by atoms with van der Waals surface area (Å²) in [5.74, 6) is 0. The van der Waals surface area contributed by atoms with E-state index >= 15 is 0 Å². The Morgan fingerprint density at radius 1 is 0.839 bits per heavy atom. The predicted molar refractivity (Wildman–Crippen MR) is 130 cm³/mol. The SMILES string of the molecule is CSc1ccc(-c2cnc(OCc3ccc(Cl)cc3)nc2-c2ccc(Cl)cc2)c(Cl)c1. The molecule has 3 aromatic carbocycles. The van der Waals surface area contributed by atoms with Crippen molar-refractivity contribution in [3.05, 3.63) is 93.6 Å². The molecule has 3 nitrogen and oxygen atoms in total. The molecule has 1 heterocycles. The van der Waals surface area contributed by atoms with E-state index in [9.17, 15) is 0 Å². The summed E-state index contributed by atoms with van der Waals surface area (Å²) in [5.41, 5.74) is 4.26. The molecule has 31 heavy (non-hydrogen) atoms. The Bertz CT molecular complexity index is 1200. The molecule has 0 bridgehead atoms. The zero-order valence-corrected chi connectivity index (χ0v) is 19.6. The topological polar surface area (TPSA) is 35.0 Å². The van der Waals surface area contributed by atoms with Crippen molar-refractivity contribution in [3.63, 3.8) is 0 Å². The summed E-state index contributed by atoms with van der Waals surface area (Å²) in [6.45, 7) is 0.333. The first kappa shape index (κ1) is 22.0. The lowest BCUT2D eigenvalue weighted by Crippen LogP contribution is -2.01. The van der Waals surface area contributed by atoms with Gasteiger partial charge in [-0.15, -0.1) is 11.8 Å². The largest absolute Gasteiger partial charge is 0.459 e. The first-order valence-electron chi connectivity index (χ1n) is 9.37. The van der Waals surface area contributed by atoms with Crippen LogP contribution in [0.25, 0.3) is 22.4 Å². The second-order valence-corrected chi connectivity index (χ2v) is 8.84. The van der Waals surface area contributed by atoms with Gasteiger partial charge in [-0.05, 0) is 48.2 Å². The lowest BCUT2D eigenvalue weighted by Gasteiger charge is -2.13. The molecule has 0 atom stereocenters. The molecule has 7 heteroatoms. The van der Waals surface area contributed by atoms with Crippen LogP contribution < -0.4 is 4.74 Å². The maximum atomic E-state index is 6.59. The third kappa shape index (κ3) is 5.34. The third-order valence-electron chi connectivity index (χ3n) is 4.63. The number of nitrogens with zero attached hydrogens (tertiary/aromatic N) is 2.